The van der Waals surface area contributed by atoms with Gasteiger partial charge in [0, 0.05) is 24.2 Å². The van der Waals surface area contributed by atoms with Crippen LogP contribution < -0.4 is 10.1 Å². The van der Waals surface area contributed by atoms with Gasteiger partial charge < -0.3 is 10.1 Å². The van der Waals surface area contributed by atoms with Crippen LogP contribution in [0.25, 0.3) is 4.96 Å². The molecule has 0 saturated heterocycles. The van der Waals surface area contributed by atoms with Crippen LogP contribution in [0.4, 0.5) is 8.78 Å². The maximum absolute atomic E-state index is 13.6. The largest absolute Gasteiger partial charge is 0.434 e. The SMILES string of the molecule is CNCc1c(Oc2cc(F)ccc2F)nc2sccn12. The summed E-state index contributed by atoms with van der Waals surface area (Å²) in [6.07, 6.45) is 1.86. The summed E-state index contributed by atoms with van der Waals surface area (Å²) in [4.78, 5) is 5.03. The van der Waals surface area contributed by atoms with E-state index in [9.17, 15) is 8.78 Å². The number of nitrogens with zero attached hydrogens (tertiary/aromatic N) is 2. The van der Waals surface area contributed by atoms with Gasteiger partial charge in [0.25, 0.3) is 0 Å². The van der Waals surface area contributed by atoms with Gasteiger partial charge in [-0.2, -0.15) is 4.98 Å². The first-order chi connectivity index (χ1) is 9.69. The van der Waals surface area contributed by atoms with Gasteiger partial charge >= 0.3 is 0 Å². The van der Waals surface area contributed by atoms with Crippen molar-refractivity contribution in [2.24, 2.45) is 0 Å². The molecule has 3 rings (SSSR count). The zero-order chi connectivity index (χ0) is 14.1. The van der Waals surface area contributed by atoms with Gasteiger partial charge in [-0.25, -0.2) is 8.78 Å². The molecule has 0 unspecified atom stereocenters. The maximum Gasteiger partial charge on any atom is 0.243 e. The Morgan fingerprint density at radius 3 is 3.05 bits per heavy atom. The Morgan fingerprint density at radius 2 is 2.25 bits per heavy atom. The van der Waals surface area contributed by atoms with E-state index < -0.39 is 11.6 Å². The molecule has 0 aliphatic carbocycles. The molecule has 0 atom stereocenters. The number of nitrogens with one attached hydrogen (secondary N) is 1. The van der Waals surface area contributed by atoms with Gasteiger partial charge in [0.15, 0.2) is 16.5 Å². The molecular weight excluding hydrogens is 284 g/mol. The first kappa shape index (κ1) is 13.0. The van der Waals surface area contributed by atoms with Gasteiger partial charge in [-0.05, 0) is 19.2 Å². The average molecular weight is 295 g/mol. The highest BCUT2D eigenvalue weighted by Crippen LogP contribution is 2.29. The van der Waals surface area contributed by atoms with Gasteiger partial charge in [0.2, 0.25) is 5.88 Å². The minimum atomic E-state index is -0.627. The van der Waals surface area contributed by atoms with Crippen molar-refractivity contribution in [3.05, 3.63) is 47.1 Å². The third kappa shape index (κ3) is 2.25. The van der Waals surface area contributed by atoms with Crippen molar-refractivity contribution >= 4 is 16.3 Å². The standard InChI is InChI=1S/C13H11F2N3OS/c1-16-7-10-12(17-13-18(10)4-5-20-13)19-11-6-8(14)2-3-9(11)15/h2-6,16H,7H2,1H3. The van der Waals surface area contributed by atoms with Crippen molar-refractivity contribution < 1.29 is 13.5 Å². The summed E-state index contributed by atoms with van der Waals surface area (Å²) in [6, 6.07) is 3.08. The first-order valence-corrected chi connectivity index (χ1v) is 6.79. The van der Waals surface area contributed by atoms with Crippen LogP contribution in [0.1, 0.15) is 5.69 Å². The number of hydrogen-bond acceptors (Lipinski definition) is 4. The highest BCUT2D eigenvalue weighted by Gasteiger charge is 2.16. The molecule has 0 aliphatic rings. The third-order valence-electron chi connectivity index (χ3n) is 2.77. The molecule has 0 amide bonds. The number of benzene rings is 1. The number of thiazole rings is 1. The lowest BCUT2D eigenvalue weighted by atomic mass is 10.3. The number of rotatable bonds is 4. The van der Waals surface area contributed by atoms with Crippen LogP contribution in [0, 0.1) is 11.6 Å². The van der Waals surface area contributed by atoms with Gasteiger partial charge in [-0.1, -0.05) is 0 Å². The van der Waals surface area contributed by atoms with Crippen LogP contribution in [0.15, 0.2) is 29.8 Å². The maximum atomic E-state index is 13.6. The van der Waals surface area contributed by atoms with E-state index in [-0.39, 0.29) is 11.6 Å². The Labute approximate surface area is 117 Å². The van der Waals surface area contributed by atoms with Crippen molar-refractivity contribution in [1.29, 1.82) is 0 Å². The van der Waals surface area contributed by atoms with Crippen molar-refractivity contribution in [2.45, 2.75) is 6.54 Å². The number of ether oxygens (including phenoxy) is 1. The lowest BCUT2D eigenvalue weighted by molar-refractivity contribution is 0.418. The molecule has 4 nitrogen and oxygen atoms in total. The molecule has 104 valence electrons. The lowest BCUT2D eigenvalue weighted by Crippen LogP contribution is -2.08. The number of imidazole rings is 1. The van der Waals surface area contributed by atoms with E-state index in [4.69, 9.17) is 4.74 Å². The second-order valence-electron chi connectivity index (χ2n) is 4.13. The molecule has 0 spiro atoms. The summed E-state index contributed by atoms with van der Waals surface area (Å²) in [6.45, 7) is 0.504. The number of hydrogen-bond donors (Lipinski definition) is 1. The molecule has 0 aliphatic heterocycles. The minimum absolute atomic E-state index is 0.173. The van der Waals surface area contributed by atoms with E-state index in [1.165, 1.54) is 11.3 Å². The van der Waals surface area contributed by atoms with Crippen LogP contribution >= 0.6 is 11.3 Å². The molecule has 2 heterocycles. The van der Waals surface area contributed by atoms with Crippen LogP contribution in [0.3, 0.4) is 0 Å². The molecule has 20 heavy (non-hydrogen) atoms. The molecule has 0 radical (unpaired) electrons. The average Bonchev–Trinajstić information content (AvgIpc) is 2.98. The molecule has 3 aromatic rings. The van der Waals surface area contributed by atoms with E-state index in [2.05, 4.69) is 10.3 Å². The molecule has 7 heteroatoms. The summed E-state index contributed by atoms with van der Waals surface area (Å²) in [7, 11) is 1.79. The van der Waals surface area contributed by atoms with Gasteiger partial charge in [0.05, 0.1) is 0 Å². The number of fused-ring (bicyclic) bond motifs is 1. The molecule has 0 bridgehead atoms. The molecular formula is C13H11F2N3OS. The minimum Gasteiger partial charge on any atom is -0.434 e. The summed E-state index contributed by atoms with van der Waals surface area (Å²) in [5.41, 5.74) is 0.757. The molecule has 1 aromatic carbocycles. The normalized spacial score (nSPS) is 11.2. The Bertz CT molecular complexity index is 753. The molecule has 0 fully saturated rings. The fourth-order valence-corrected chi connectivity index (χ4v) is 2.61. The fraction of sp³-hybridized carbons (Fsp3) is 0.154. The molecule has 2 aromatic heterocycles. The molecule has 1 N–H and O–H groups in total. The Balaban J connectivity index is 2.03. The second-order valence-corrected chi connectivity index (χ2v) is 5.00. The topological polar surface area (TPSA) is 38.6 Å². The fourth-order valence-electron chi connectivity index (χ4n) is 1.88. The number of halogens is 2. The molecule has 0 saturated carbocycles. The highest BCUT2D eigenvalue weighted by atomic mass is 32.1. The Hall–Kier alpha value is -1.99. The van der Waals surface area contributed by atoms with Crippen molar-refractivity contribution in [3.63, 3.8) is 0 Å². The van der Waals surface area contributed by atoms with E-state index in [1.54, 1.807) is 7.05 Å². The lowest BCUT2D eigenvalue weighted by Gasteiger charge is -2.06. The summed E-state index contributed by atoms with van der Waals surface area (Å²) in [5.74, 6) is -1.08. The number of aromatic nitrogens is 2. The smallest absolute Gasteiger partial charge is 0.243 e. The quantitative estimate of drug-likeness (QED) is 0.803. The van der Waals surface area contributed by atoms with Gasteiger partial charge in [-0.15, -0.1) is 11.3 Å². The van der Waals surface area contributed by atoms with Crippen LogP contribution in [-0.4, -0.2) is 16.4 Å². The van der Waals surface area contributed by atoms with E-state index >= 15 is 0 Å². The second kappa shape index (κ2) is 5.18. The van der Waals surface area contributed by atoms with Gasteiger partial charge in [-0.3, -0.25) is 4.40 Å². The highest BCUT2D eigenvalue weighted by molar-refractivity contribution is 7.15. The Morgan fingerprint density at radius 1 is 1.40 bits per heavy atom. The predicted molar refractivity (Wildman–Crippen MR) is 72.3 cm³/mol. The zero-order valence-electron chi connectivity index (χ0n) is 10.6. The summed E-state index contributed by atoms with van der Waals surface area (Å²) in [5, 5.41) is 4.90. The van der Waals surface area contributed by atoms with E-state index in [0.29, 0.717) is 6.54 Å². The predicted octanol–water partition coefficient (Wildman–Crippen LogP) is 3.19. The monoisotopic (exact) mass is 295 g/mol. The van der Waals surface area contributed by atoms with Crippen LogP contribution in [0.2, 0.25) is 0 Å². The van der Waals surface area contributed by atoms with Crippen LogP contribution in [-0.2, 0) is 6.54 Å². The van der Waals surface area contributed by atoms with E-state index in [1.807, 2.05) is 16.0 Å². The zero-order valence-corrected chi connectivity index (χ0v) is 11.4. The first-order valence-electron chi connectivity index (χ1n) is 5.91. The van der Waals surface area contributed by atoms with E-state index in [0.717, 1.165) is 28.9 Å². The van der Waals surface area contributed by atoms with Crippen molar-refractivity contribution in [3.8, 4) is 11.6 Å². The van der Waals surface area contributed by atoms with Gasteiger partial charge in [0.1, 0.15) is 11.5 Å². The third-order valence-corrected chi connectivity index (χ3v) is 3.53. The van der Waals surface area contributed by atoms with Crippen LogP contribution in [0.5, 0.6) is 11.6 Å². The summed E-state index contributed by atoms with van der Waals surface area (Å²) < 4.78 is 34.1. The summed E-state index contributed by atoms with van der Waals surface area (Å²) >= 11 is 1.44. The Kier molecular flexibility index (Phi) is 3.37. The van der Waals surface area contributed by atoms with Crippen molar-refractivity contribution in [1.82, 2.24) is 14.7 Å². The van der Waals surface area contributed by atoms with Crippen molar-refractivity contribution in [2.75, 3.05) is 7.05 Å².